The summed E-state index contributed by atoms with van der Waals surface area (Å²) < 4.78 is 10.4. The van der Waals surface area contributed by atoms with Crippen LogP contribution in [0.3, 0.4) is 0 Å². The van der Waals surface area contributed by atoms with Crippen molar-refractivity contribution >= 4 is 20.3 Å². The zero-order valence-electron chi connectivity index (χ0n) is 16.8. The summed E-state index contributed by atoms with van der Waals surface area (Å²) in [6, 6.07) is 0.962. The summed E-state index contributed by atoms with van der Waals surface area (Å²) >= 11 is 0. The second kappa shape index (κ2) is 14.1. The molecule has 4 nitrogen and oxygen atoms in total. The van der Waals surface area contributed by atoms with Crippen molar-refractivity contribution < 1.29 is 18.8 Å². The molecule has 0 aromatic carbocycles. The number of esters is 1. The van der Waals surface area contributed by atoms with Crippen LogP contribution in [0.25, 0.3) is 0 Å². The van der Waals surface area contributed by atoms with Gasteiger partial charge in [0.2, 0.25) is 8.32 Å². The maximum absolute atomic E-state index is 11.8. The first-order chi connectivity index (χ1) is 11.8. The van der Waals surface area contributed by atoms with Crippen molar-refractivity contribution in [3.8, 4) is 0 Å². The van der Waals surface area contributed by atoms with Crippen molar-refractivity contribution in [3.63, 3.8) is 0 Å². The van der Waals surface area contributed by atoms with Gasteiger partial charge in [-0.15, -0.1) is 0 Å². The monoisotopic (exact) mass is 370 g/mol. The molecule has 0 bridgehead atoms. The molecule has 0 radical (unpaired) electrons. The summed E-state index contributed by atoms with van der Waals surface area (Å²) in [4.78, 5) is 23.0. The van der Waals surface area contributed by atoms with E-state index in [-0.39, 0.29) is 12.2 Å². The fourth-order valence-electron chi connectivity index (χ4n) is 2.67. The predicted octanol–water partition coefficient (Wildman–Crippen LogP) is 5.77. The summed E-state index contributed by atoms with van der Waals surface area (Å²) in [7, 11) is -2.02. The summed E-state index contributed by atoms with van der Waals surface area (Å²) in [6.45, 7) is 11.0. The Morgan fingerprint density at radius 2 is 1.36 bits per heavy atom. The van der Waals surface area contributed by atoms with Crippen LogP contribution in [0.4, 0.5) is 0 Å². The van der Waals surface area contributed by atoms with Crippen molar-refractivity contribution in [1.82, 2.24) is 0 Å². The molecule has 0 aliphatic heterocycles. The van der Waals surface area contributed by atoms with Gasteiger partial charge in [0.25, 0.3) is 0 Å². The number of ether oxygens (including phenoxy) is 1. The Kier molecular flexibility index (Phi) is 13.5. The predicted molar refractivity (Wildman–Crippen MR) is 106 cm³/mol. The zero-order chi connectivity index (χ0) is 19.1. The molecule has 25 heavy (non-hydrogen) atoms. The lowest BCUT2D eigenvalue weighted by molar-refractivity contribution is -0.151. The summed E-state index contributed by atoms with van der Waals surface area (Å²) in [5, 5.41) is 0. The molecule has 0 aromatic rings. The second-order valence-corrected chi connectivity index (χ2v) is 11.7. The normalized spacial score (nSPS) is 11.2. The van der Waals surface area contributed by atoms with Crippen LogP contribution < -0.4 is 0 Å². The first-order valence-electron chi connectivity index (χ1n) is 9.83. The van der Waals surface area contributed by atoms with Crippen molar-refractivity contribution in [1.29, 1.82) is 0 Å². The Labute approximate surface area is 155 Å². The molecule has 0 spiro atoms. The Bertz CT molecular complexity index is 405. The quantitative estimate of drug-likeness (QED) is 0.159. The van der Waals surface area contributed by atoms with Crippen LogP contribution in [-0.2, 0) is 18.8 Å². The van der Waals surface area contributed by atoms with E-state index in [0.717, 1.165) is 12.5 Å². The largest absolute Gasteiger partial charge is 0.517 e. The van der Waals surface area contributed by atoms with Crippen molar-refractivity contribution in [3.05, 3.63) is 12.2 Å². The maximum atomic E-state index is 11.8. The van der Waals surface area contributed by atoms with Crippen LogP contribution in [-0.4, -0.2) is 26.9 Å². The van der Waals surface area contributed by atoms with Crippen LogP contribution in [0.2, 0.25) is 19.1 Å². The van der Waals surface area contributed by atoms with Crippen molar-refractivity contribution in [2.24, 2.45) is 0 Å². The topological polar surface area (TPSA) is 52.6 Å². The Balaban J connectivity index is 3.67. The Hall–Kier alpha value is -1.10. The highest BCUT2D eigenvalue weighted by atomic mass is 28.4. The van der Waals surface area contributed by atoms with E-state index in [1.807, 2.05) is 13.1 Å². The van der Waals surface area contributed by atoms with Crippen molar-refractivity contribution in [2.75, 3.05) is 6.61 Å². The lowest BCUT2D eigenvalue weighted by Crippen LogP contribution is -2.35. The molecule has 0 saturated carbocycles. The van der Waals surface area contributed by atoms with E-state index in [1.54, 1.807) is 6.92 Å². The molecule has 0 aliphatic rings. The minimum atomic E-state index is -2.02. The molecule has 0 N–H and O–H groups in total. The van der Waals surface area contributed by atoms with Crippen LogP contribution >= 0.6 is 0 Å². The number of carbonyl (C=O) groups is 2. The molecule has 146 valence electrons. The molecule has 0 amide bonds. The number of hydrogen-bond acceptors (Lipinski definition) is 4. The molecule has 0 atom stereocenters. The number of unbranched alkanes of at least 4 members (excludes halogenated alkanes) is 9. The van der Waals surface area contributed by atoms with E-state index in [4.69, 9.17) is 9.16 Å². The lowest BCUT2D eigenvalue weighted by atomic mass is 10.1. The van der Waals surface area contributed by atoms with Gasteiger partial charge in [0.05, 0.1) is 0 Å². The highest BCUT2D eigenvalue weighted by Crippen LogP contribution is 2.18. The molecular formula is C20H38O4Si. The van der Waals surface area contributed by atoms with Gasteiger partial charge in [-0.3, -0.25) is 0 Å². The van der Waals surface area contributed by atoms with E-state index >= 15 is 0 Å². The molecule has 5 heteroatoms. The molecule has 0 saturated heterocycles. The maximum Gasteiger partial charge on any atom is 0.333 e. The molecule has 0 unspecified atom stereocenters. The Morgan fingerprint density at radius 1 is 0.880 bits per heavy atom. The van der Waals surface area contributed by atoms with Gasteiger partial charge in [-0.25, -0.2) is 9.59 Å². The molecule has 0 rings (SSSR count). The first kappa shape index (κ1) is 23.9. The van der Waals surface area contributed by atoms with E-state index in [9.17, 15) is 9.59 Å². The third kappa shape index (κ3) is 14.9. The minimum Gasteiger partial charge on any atom is -0.517 e. The standard InChI is InChI=1S/C20H38O4Si/c1-6-7-8-9-10-11-12-13-14-15-16-25(4,5)24-19(21)17-23-20(22)18(2)3/h2,6-17H2,1,3-5H3. The SMILES string of the molecule is C=C(C)C(=O)OCC(=O)O[Si](C)(C)CCCCCCCCCCCC. The molecule has 0 fully saturated rings. The van der Waals surface area contributed by atoms with Crippen LogP contribution in [0.15, 0.2) is 12.2 Å². The molecule has 0 heterocycles. The first-order valence-corrected chi connectivity index (χ1v) is 12.9. The molecular weight excluding hydrogens is 332 g/mol. The molecule has 0 aliphatic carbocycles. The zero-order valence-corrected chi connectivity index (χ0v) is 17.8. The van der Waals surface area contributed by atoms with Crippen LogP contribution in [0.5, 0.6) is 0 Å². The number of carbonyl (C=O) groups excluding carboxylic acids is 2. The fraction of sp³-hybridized carbons (Fsp3) is 0.800. The van der Waals surface area contributed by atoms with E-state index in [2.05, 4.69) is 13.5 Å². The average molecular weight is 371 g/mol. The number of rotatable bonds is 15. The van der Waals surface area contributed by atoms with E-state index in [0.29, 0.717) is 0 Å². The van der Waals surface area contributed by atoms with E-state index in [1.165, 1.54) is 57.8 Å². The summed E-state index contributed by atoms with van der Waals surface area (Å²) in [6.07, 6.45) is 13.0. The highest BCUT2D eigenvalue weighted by molar-refractivity contribution is 6.72. The van der Waals surface area contributed by atoms with Crippen LogP contribution in [0, 0.1) is 0 Å². The fourth-order valence-corrected chi connectivity index (χ4v) is 4.55. The second-order valence-electron chi connectivity index (χ2n) is 7.52. The molecule has 0 aromatic heterocycles. The van der Waals surface area contributed by atoms with Gasteiger partial charge in [0.1, 0.15) is 0 Å². The minimum absolute atomic E-state index is 0.287. The van der Waals surface area contributed by atoms with Crippen molar-refractivity contribution in [2.45, 2.75) is 97.2 Å². The van der Waals surface area contributed by atoms with Crippen LogP contribution in [0.1, 0.15) is 78.1 Å². The lowest BCUT2D eigenvalue weighted by Gasteiger charge is -2.22. The van der Waals surface area contributed by atoms with Gasteiger partial charge in [-0.05, 0) is 26.1 Å². The third-order valence-electron chi connectivity index (χ3n) is 4.19. The summed E-state index contributed by atoms with van der Waals surface area (Å²) in [5.74, 6) is -0.996. The van der Waals surface area contributed by atoms with Gasteiger partial charge < -0.3 is 9.16 Å². The third-order valence-corrected chi connectivity index (χ3v) is 6.53. The summed E-state index contributed by atoms with van der Waals surface area (Å²) in [5.41, 5.74) is 0.287. The van der Waals surface area contributed by atoms with E-state index < -0.39 is 20.3 Å². The Morgan fingerprint density at radius 3 is 1.84 bits per heavy atom. The smallest absolute Gasteiger partial charge is 0.333 e. The highest BCUT2D eigenvalue weighted by Gasteiger charge is 2.26. The van der Waals surface area contributed by atoms with Gasteiger partial charge >= 0.3 is 11.9 Å². The van der Waals surface area contributed by atoms with Gasteiger partial charge in [0.15, 0.2) is 6.61 Å². The van der Waals surface area contributed by atoms with Gasteiger partial charge in [0, 0.05) is 5.57 Å². The average Bonchev–Trinajstić information content (AvgIpc) is 2.53. The number of hydrogen-bond donors (Lipinski definition) is 0. The van der Waals surface area contributed by atoms with Gasteiger partial charge in [-0.1, -0.05) is 77.7 Å². The van der Waals surface area contributed by atoms with Gasteiger partial charge in [-0.2, -0.15) is 0 Å².